The summed E-state index contributed by atoms with van der Waals surface area (Å²) in [6.07, 6.45) is 5.21. The molecule has 0 bridgehead atoms. The number of methoxy groups -OCH3 is 2. The Morgan fingerprint density at radius 1 is 0.887 bits per heavy atom. The van der Waals surface area contributed by atoms with Gasteiger partial charge in [-0.05, 0) is 62.3 Å². The molecule has 1 saturated heterocycles. The van der Waals surface area contributed by atoms with Crippen LogP contribution >= 0.6 is 22.7 Å². The number of thiophene rings is 2. The summed E-state index contributed by atoms with van der Waals surface area (Å²) < 4.78 is 9.64. The molecule has 5 rings (SSSR count). The Kier molecular flexibility index (Phi) is 13.0. The lowest BCUT2D eigenvalue weighted by Gasteiger charge is -2.34. The second-order valence-electron chi connectivity index (χ2n) is 13.8. The van der Waals surface area contributed by atoms with Crippen LogP contribution in [0.2, 0.25) is 0 Å². The molecule has 13 nitrogen and oxygen atoms in total. The van der Waals surface area contributed by atoms with Crippen molar-refractivity contribution in [3.8, 4) is 30.9 Å². The van der Waals surface area contributed by atoms with Crippen molar-refractivity contribution in [3.63, 3.8) is 0 Å². The molecule has 5 heterocycles. The van der Waals surface area contributed by atoms with Gasteiger partial charge in [0.2, 0.25) is 5.91 Å². The third-order valence-corrected chi connectivity index (χ3v) is 12.1. The van der Waals surface area contributed by atoms with E-state index < -0.39 is 18.2 Å². The number of likely N-dealkylation sites (tertiary alicyclic amines) is 1. The van der Waals surface area contributed by atoms with E-state index in [-0.39, 0.29) is 35.9 Å². The third-order valence-electron chi connectivity index (χ3n) is 9.69. The average Bonchev–Trinajstić information content (AvgIpc) is 3.99. The second-order valence-corrected chi connectivity index (χ2v) is 16.0. The van der Waals surface area contributed by atoms with Crippen molar-refractivity contribution in [1.82, 2.24) is 40.4 Å². The van der Waals surface area contributed by atoms with Crippen molar-refractivity contribution in [3.05, 3.63) is 60.6 Å². The van der Waals surface area contributed by atoms with Gasteiger partial charge in [-0.1, -0.05) is 41.2 Å². The maximum atomic E-state index is 13.7. The number of hydrogen-bond acceptors (Lipinski definition) is 10. The van der Waals surface area contributed by atoms with Gasteiger partial charge in [0.25, 0.3) is 0 Å². The van der Waals surface area contributed by atoms with Gasteiger partial charge in [0.05, 0.1) is 65.9 Å². The lowest BCUT2D eigenvalue weighted by Crippen LogP contribution is -2.52. The maximum absolute atomic E-state index is 13.7. The molecule has 0 saturated carbocycles. The van der Waals surface area contributed by atoms with Gasteiger partial charge in [0.15, 0.2) is 0 Å². The number of alkyl carbamates (subject to hydrolysis) is 2. The monoisotopic (exact) mass is 764 g/mol. The summed E-state index contributed by atoms with van der Waals surface area (Å²) in [6.45, 7) is 17.6. The molecular weight excluding hydrogens is 713 g/mol. The van der Waals surface area contributed by atoms with Crippen LogP contribution in [0.25, 0.3) is 30.9 Å². The summed E-state index contributed by atoms with van der Waals surface area (Å²) in [7, 11) is 2.66. The molecular formula is C38H52N8O5S2. The van der Waals surface area contributed by atoms with Crippen molar-refractivity contribution in [2.24, 2.45) is 11.8 Å². The predicted octanol–water partition coefficient (Wildman–Crippen LogP) is 7.97. The summed E-state index contributed by atoms with van der Waals surface area (Å²) >= 11 is 3.38. The molecule has 53 heavy (non-hydrogen) atoms. The molecule has 0 unspecified atom stereocenters. The molecule has 4 aromatic rings. The number of ether oxygens (including phenoxy) is 2. The van der Waals surface area contributed by atoms with E-state index in [0.29, 0.717) is 18.8 Å². The van der Waals surface area contributed by atoms with Crippen LogP contribution < -0.4 is 10.6 Å². The Morgan fingerprint density at radius 3 is 1.98 bits per heavy atom. The number of nitrogens with one attached hydrogen (secondary N) is 4. The van der Waals surface area contributed by atoms with Crippen molar-refractivity contribution in [2.75, 3.05) is 27.3 Å². The third kappa shape index (κ3) is 8.78. The Hall–Kier alpha value is -4.63. The van der Waals surface area contributed by atoms with E-state index in [1.165, 1.54) is 14.2 Å². The van der Waals surface area contributed by atoms with Crippen LogP contribution in [0, 0.1) is 11.8 Å². The number of carbonyl (C=O) groups is 3. The first-order valence-electron chi connectivity index (χ1n) is 18.2. The number of likely N-dealkylation sites (N-methyl/N-ethyl adjacent to an activating group) is 1. The predicted molar refractivity (Wildman–Crippen MR) is 209 cm³/mol. The number of carbonyl (C=O) groups excluding carboxylic acids is 3. The van der Waals surface area contributed by atoms with Crippen molar-refractivity contribution in [2.45, 2.75) is 85.0 Å². The molecule has 4 N–H and O–H groups in total. The van der Waals surface area contributed by atoms with Crippen LogP contribution in [-0.2, 0) is 14.3 Å². The van der Waals surface area contributed by atoms with E-state index >= 15 is 0 Å². The van der Waals surface area contributed by atoms with Gasteiger partial charge in [-0.3, -0.25) is 4.79 Å². The van der Waals surface area contributed by atoms with Crippen LogP contribution in [0.5, 0.6) is 0 Å². The van der Waals surface area contributed by atoms with E-state index in [4.69, 9.17) is 19.4 Å². The van der Waals surface area contributed by atoms with Crippen LogP contribution in [0.15, 0.2) is 48.9 Å². The fourth-order valence-electron chi connectivity index (χ4n) is 6.86. The Morgan fingerprint density at radius 2 is 1.43 bits per heavy atom. The highest BCUT2D eigenvalue weighted by Gasteiger charge is 2.35. The number of rotatable bonds is 15. The minimum absolute atomic E-state index is 0.0403. The standard InChI is InChI=1S/C38H52N8O5S2/c1-10-26(45(11-2)36(47)33(22(5)6)44-38(49)51-9)34-39-19-24(41-34)28-14-16-30(52-28)31-17-15-29(53-31)25-20-40-35(42-25)27-13-12-18-46(27)23(7)32(21(3)4)43-37(48)50-8/h14-17,19-22,26-27,32-33H,7,10-13,18H2,1-6,8-9H3,(H,39,41)(H,40,42)(H,43,48)(H,44,49)/t26-,27-,32+,33+/m0/s1. The van der Waals surface area contributed by atoms with Crippen molar-refractivity contribution in [1.29, 1.82) is 0 Å². The molecule has 3 amide bonds. The Labute approximate surface area is 319 Å². The number of hydrogen-bond donors (Lipinski definition) is 4. The highest BCUT2D eigenvalue weighted by molar-refractivity contribution is 7.25. The quantitative estimate of drug-likeness (QED) is 0.0950. The van der Waals surface area contributed by atoms with Crippen LogP contribution in [0.3, 0.4) is 0 Å². The Balaban J connectivity index is 1.29. The van der Waals surface area contributed by atoms with Gasteiger partial charge >= 0.3 is 12.2 Å². The van der Waals surface area contributed by atoms with Gasteiger partial charge in [0.1, 0.15) is 17.7 Å². The van der Waals surface area contributed by atoms with E-state index in [2.05, 4.69) is 70.2 Å². The number of imidazole rings is 2. The lowest BCUT2D eigenvalue weighted by molar-refractivity contribution is -0.137. The minimum atomic E-state index is -0.716. The fourth-order valence-corrected chi connectivity index (χ4v) is 8.89. The molecule has 1 aliphatic heterocycles. The number of H-pyrrole nitrogens is 2. The van der Waals surface area contributed by atoms with Crippen molar-refractivity contribution >= 4 is 40.8 Å². The lowest BCUT2D eigenvalue weighted by atomic mass is 10.00. The smallest absolute Gasteiger partial charge is 0.407 e. The first kappa shape index (κ1) is 39.6. The van der Waals surface area contributed by atoms with E-state index in [9.17, 15) is 14.4 Å². The van der Waals surface area contributed by atoms with Crippen LogP contribution in [0.1, 0.15) is 84.5 Å². The fraction of sp³-hybridized carbons (Fsp3) is 0.500. The topological polar surface area (TPSA) is 158 Å². The normalized spacial score (nSPS) is 16.0. The summed E-state index contributed by atoms with van der Waals surface area (Å²) in [5.74, 6) is 1.43. The van der Waals surface area contributed by atoms with E-state index in [1.807, 2.05) is 40.1 Å². The molecule has 0 aliphatic carbocycles. The van der Waals surface area contributed by atoms with E-state index in [0.717, 1.165) is 61.8 Å². The summed E-state index contributed by atoms with van der Waals surface area (Å²) in [4.78, 5) is 62.7. The molecule has 1 fully saturated rings. The van der Waals surface area contributed by atoms with Gasteiger partial charge in [0, 0.05) is 28.5 Å². The van der Waals surface area contributed by atoms with Gasteiger partial charge in [-0.2, -0.15) is 0 Å². The number of nitrogens with zero attached hydrogens (tertiary/aromatic N) is 4. The average molecular weight is 765 g/mol. The van der Waals surface area contributed by atoms with Crippen LogP contribution in [-0.4, -0.2) is 87.2 Å². The number of aromatic amines is 2. The largest absolute Gasteiger partial charge is 0.453 e. The highest BCUT2D eigenvalue weighted by atomic mass is 32.1. The minimum Gasteiger partial charge on any atom is -0.453 e. The SMILES string of the molecule is C=C([C@H](NC(=O)OC)C(C)C)N1CCC[C@H]1c1ncc(-c2ccc(-c3ccc(-c4cnc([C@H](CC)N(CC)C(=O)[C@H](NC(=O)OC)C(C)C)[nH]4)s3)s2)[nH]1. The Bertz CT molecular complexity index is 1880. The molecule has 0 aromatic carbocycles. The van der Waals surface area contributed by atoms with E-state index in [1.54, 1.807) is 27.6 Å². The van der Waals surface area contributed by atoms with Gasteiger partial charge < -0.3 is 39.9 Å². The molecule has 1 aliphatic rings. The number of amides is 3. The summed E-state index contributed by atoms with van der Waals surface area (Å²) in [5, 5.41) is 5.64. The zero-order valence-electron chi connectivity index (χ0n) is 31.8. The second kappa shape index (κ2) is 17.5. The van der Waals surface area contributed by atoms with Gasteiger partial charge in [-0.25, -0.2) is 19.6 Å². The first-order valence-corrected chi connectivity index (χ1v) is 19.8. The maximum Gasteiger partial charge on any atom is 0.407 e. The first-order chi connectivity index (χ1) is 25.4. The number of aromatic nitrogens is 4. The molecule has 0 spiro atoms. The van der Waals surface area contributed by atoms with Crippen molar-refractivity contribution < 1.29 is 23.9 Å². The summed E-state index contributed by atoms with van der Waals surface area (Å²) in [5.41, 5.74) is 2.70. The molecule has 0 radical (unpaired) electrons. The zero-order chi connectivity index (χ0) is 38.4. The molecule has 15 heteroatoms. The van der Waals surface area contributed by atoms with Crippen LogP contribution in [0.4, 0.5) is 9.59 Å². The molecule has 4 atom stereocenters. The molecule has 4 aromatic heterocycles. The van der Waals surface area contributed by atoms with Gasteiger partial charge in [-0.15, -0.1) is 22.7 Å². The highest BCUT2D eigenvalue weighted by Crippen LogP contribution is 2.41. The summed E-state index contributed by atoms with van der Waals surface area (Å²) in [6, 6.07) is 7.25. The molecule has 286 valence electrons. The zero-order valence-corrected chi connectivity index (χ0v) is 33.5.